The number of amides is 1. The lowest BCUT2D eigenvalue weighted by Gasteiger charge is -2.29. The molecular formula is C24H28FN3OS+2. The number of hydrogen-bond donors (Lipinski definition) is 3. The number of quaternary nitrogens is 2. The molecule has 30 heavy (non-hydrogen) atoms. The molecule has 0 radical (unpaired) electrons. The highest BCUT2D eigenvalue weighted by molar-refractivity contribution is 7.10. The summed E-state index contributed by atoms with van der Waals surface area (Å²) >= 11 is 1.60. The Morgan fingerprint density at radius 1 is 0.933 bits per heavy atom. The van der Waals surface area contributed by atoms with Gasteiger partial charge in [-0.25, -0.2) is 4.39 Å². The number of hydrogen-bond acceptors (Lipinski definition) is 2. The standard InChI is InChI=1S/C24H26FN3OS/c25-21-10-8-20(9-11-21)24(22-7-4-16-30-22)26-23(29)18-28-14-12-27(13-15-28)17-19-5-2-1-3-6-19/h1-11,16,24H,12-15,17-18H2,(H,26,29)/p+2/t24-/m1/s1. The van der Waals surface area contributed by atoms with E-state index in [0.29, 0.717) is 6.54 Å². The minimum absolute atomic E-state index is 0.0410. The molecule has 1 amide bonds. The Hall–Kier alpha value is -2.54. The maximum Gasteiger partial charge on any atom is 0.275 e. The van der Waals surface area contributed by atoms with Gasteiger partial charge in [0.05, 0.1) is 6.04 Å². The Morgan fingerprint density at radius 3 is 2.30 bits per heavy atom. The number of thiophene rings is 1. The fraction of sp³-hybridized carbons (Fsp3) is 0.292. The topological polar surface area (TPSA) is 38.0 Å². The van der Waals surface area contributed by atoms with Crippen LogP contribution in [0.4, 0.5) is 4.39 Å². The molecule has 156 valence electrons. The van der Waals surface area contributed by atoms with Crippen LogP contribution in [0.3, 0.4) is 0 Å². The molecule has 6 heteroatoms. The Bertz CT molecular complexity index is 923. The first kappa shape index (κ1) is 20.7. The predicted octanol–water partition coefficient (Wildman–Crippen LogP) is 1.08. The molecule has 4 nitrogen and oxygen atoms in total. The van der Waals surface area contributed by atoms with Gasteiger partial charge in [0.15, 0.2) is 6.54 Å². The summed E-state index contributed by atoms with van der Waals surface area (Å²) in [6.07, 6.45) is 0. The fourth-order valence-corrected chi connectivity index (χ4v) is 4.87. The van der Waals surface area contributed by atoms with Crippen LogP contribution in [0.25, 0.3) is 0 Å². The molecule has 4 rings (SSSR count). The third kappa shape index (κ3) is 5.53. The van der Waals surface area contributed by atoms with Crippen LogP contribution in [0.2, 0.25) is 0 Å². The van der Waals surface area contributed by atoms with E-state index in [1.54, 1.807) is 28.4 Å². The molecule has 1 aliphatic heterocycles. The van der Waals surface area contributed by atoms with E-state index in [9.17, 15) is 9.18 Å². The molecule has 2 aromatic carbocycles. The van der Waals surface area contributed by atoms with Crippen molar-refractivity contribution in [2.45, 2.75) is 12.6 Å². The zero-order chi connectivity index (χ0) is 20.8. The van der Waals surface area contributed by atoms with Crippen molar-refractivity contribution in [3.8, 4) is 0 Å². The van der Waals surface area contributed by atoms with Gasteiger partial charge in [-0.2, -0.15) is 0 Å². The van der Waals surface area contributed by atoms with Crippen molar-refractivity contribution in [2.24, 2.45) is 0 Å². The van der Waals surface area contributed by atoms with Crippen LogP contribution in [-0.2, 0) is 11.3 Å². The molecule has 0 aliphatic carbocycles. The summed E-state index contributed by atoms with van der Waals surface area (Å²) in [7, 11) is 0. The highest BCUT2D eigenvalue weighted by atomic mass is 32.1. The van der Waals surface area contributed by atoms with Crippen molar-refractivity contribution in [2.75, 3.05) is 32.7 Å². The lowest BCUT2D eigenvalue weighted by Crippen LogP contribution is -3.28. The molecule has 1 saturated heterocycles. The van der Waals surface area contributed by atoms with Gasteiger partial charge >= 0.3 is 0 Å². The van der Waals surface area contributed by atoms with Gasteiger partial charge in [-0.05, 0) is 29.1 Å². The van der Waals surface area contributed by atoms with E-state index < -0.39 is 0 Å². The van der Waals surface area contributed by atoms with Crippen LogP contribution < -0.4 is 15.1 Å². The van der Waals surface area contributed by atoms with Gasteiger partial charge in [-0.15, -0.1) is 11.3 Å². The van der Waals surface area contributed by atoms with E-state index in [-0.39, 0.29) is 17.8 Å². The maximum absolute atomic E-state index is 13.3. The van der Waals surface area contributed by atoms with E-state index in [1.165, 1.54) is 22.6 Å². The largest absolute Gasteiger partial charge is 0.339 e. The summed E-state index contributed by atoms with van der Waals surface area (Å²) in [5.74, 6) is -0.227. The zero-order valence-electron chi connectivity index (χ0n) is 16.9. The summed E-state index contributed by atoms with van der Waals surface area (Å²) < 4.78 is 13.3. The highest BCUT2D eigenvalue weighted by Gasteiger charge is 2.26. The van der Waals surface area contributed by atoms with Crippen molar-refractivity contribution < 1.29 is 19.0 Å². The number of carbonyl (C=O) groups excluding carboxylic acids is 1. The number of benzene rings is 2. The maximum atomic E-state index is 13.3. The van der Waals surface area contributed by atoms with Gasteiger partial charge in [-0.1, -0.05) is 48.5 Å². The molecule has 3 N–H and O–H groups in total. The van der Waals surface area contributed by atoms with Gasteiger partial charge in [0, 0.05) is 10.4 Å². The van der Waals surface area contributed by atoms with Crippen LogP contribution in [0.5, 0.6) is 0 Å². The zero-order valence-corrected chi connectivity index (χ0v) is 17.8. The molecule has 0 saturated carbocycles. The van der Waals surface area contributed by atoms with E-state index in [2.05, 4.69) is 35.6 Å². The summed E-state index contributed by atoms with van der Waals surface area (Å²) in [6, 6.07) is 20.7. The normalized spacial score (nSPS) is 19.9. The average Bonchev–Trinajstić information content (AvgIpc) is 3.30. The third-order valence-corrected chi connectivity index (χ3v) is 6.65. The summed E-state index contributed by atoms with van der Waals surface area (Å²) in [6.45, 7) is 5.66. The average molecular weight is 426 g/mol. The first-order valence-electron chi connectivity index (χ1n) is 10.5. The van der Waals surface area contributed by atoms with E-state index >= 15 is 0 Å². The molecule has 2 heterocycles. The molecular weight excluding hydrogens is 397 g/mol. The predicted molar refractivity (Wildman–Crippen MR) is 117 cm³/mol. The van der Waals surface area contributed by atoms with Gasteiger partial charge < -0.3 is 15.1 Å². The van der Waals surface area contributed by atoms with Crippen molar-refractivity contribution in [1.82, 2.24) is 5.32 Å². The SMILES string of the molecule is O=C(C[NH+]1CC[NH+](Cc2ccccc2)CC1)N[C@H](c1ccc(F)cc1)c1cccs1. The molecule has 1 fully saturated rings. The Balaban J connectivity index is 1.31. The van der Waals surface area contributed by atoms with Crippen LogP contribution in [0, 0.1) is 5.82 Å². The summed E-state index contributed by atoms with van der Waals surface area (Å²) in [5, 5.41) is 5.17. The second-order valence-corrected chi connectivity index (χ2v) is 8.89. The second-order valence-electron chi connectivity index (χ2n) is 7.91. The number of halogens is 1. The summed E-state index contributed by atoms with van der Waals surface area (Å²) in [5.41, 5.74) is 2.27. The van der Waals surface area contributed by atoms with E-state index in [0.717, 1.165) is 43.2 Å². The molecule has 0 spiro atoms. The lowest BCUT2D eigenvalue weighted by atomic mass is 10.1. The van der Waals surface area contributed by atoms with Gasteiger partial charge in [0.1, 0.15) is 38.5 Å². The Kier molecular flexibility index (Phi) is 6.89. The van der Waals surface area contributed by atoms with E-state index in [1.807, 2.05) is 17.5 Å². The summed E-state index contributed by atoms with van der Waals surface area (Å²) in [4.78, 5) is 16.8. The highest BCUT2D eigenvalue weighted by Crippen LogP contribution is 2.26. The first-order chi connectivity index (χ1) is 14.7. The lowest BCUT2D eigenvalue weighted by molar-refractivity contribution is -1.02. The quantitative estimate of drug-likeness (QED) is 0.521. The molecule has 0 bridgehead atoms. The van der Waals surface area contributed by atoms with Gasteiger partial charge in [-0.3, -0.25) is 4.79 Å². The minimum Gasteiger partial charge on any atom is -0.339 e. The van der Waals surface area contributed by atoms with Gasteiger partial charge in [0.2, 0.25) is 0 Å². The Labute approximate surface area is 180 Å². The van der Waals surface area contributed by atoms with Gasteiger partial charge in [0.25, 0.3) is 5.91 Å². The van der Waals surface area contributed by atoms with Crippen LogP contribution in [-0.4, -0.2) is 38.6 Å². The van der Waals surface area contributed by atoms with Crippen molar-refractivity contribution in [1.29, 1.82) is 0 Å². The Morgan fingerprint density at radius 2 is 1.63 bits per heavy atom. The second kappa shape index (κ2) is 9.98. The molecule has 1 aromatic heterocycles. The number of piperazine rings is 1. The van der Waals surface area contributed by atoms with Crippen molar-refractivity contribution in [3.63, 3.8) is 0 Å². The van der Waals surface area contributed by atoms with Crippen molar-refractivity contribution >= 4 is 17.2 Å². The first-order valence-corrected chi connectivity index (χ1v) is 11.3. The number of carbonyl (C=O) groups is 1. The molecule has 1 atom stereocenters. The smallest absolute Gasteiger partial charge is 0.275 e. The fourth-order valence-electron chi connectivity index (χ4n) is 4.06. The van der Waals surface area contributed by atoms with Crippen molar-refractivity contribution in [3.05, 3.63) is 93.9 Å². The minimum atomic E-state index is -0.268. The molecule has 1 aliphatic rings. The third-order valence-electron chi connectivity index (χ3n) is 5.71. The van der Waals surface area contributed by atoms with Crippen LogP contribution >= 0.6 is 11.3 Å². The number of rotatable bonds is 7. The van der Waals surface area contributed by atoms with Crippen LogP contribution in [0.15, 0.2) is 72.1 Å². The van der Waals surface area contributed by atoms with Crippen LogP contribution in [0.1, 0.15) is 22.0 Å². The number of nitrogens with one attached hydrogen (secondary N) is 3. The van der Waals surface area contributed by atoms with E-state index in [4.69, 9.17) is 0 Å². The molecule has 3 aromatic rings. The monoisotopic (exact) mass is 425 g/mol. The molecule has 0 unspecified atom stereocenters.